The standard InChI is InChI=1S/C15H21NO/c1-4-5-11-6-7-12(17-3)8-14(11)15-9-13(15)10(2)16/h4-8,10,13,15H,9,16H2,1-3H3. The number of hydrogen-bond acceptors (Lipinski definition) is 2. The van der Waals surface area contributed by atoms with Gasteiger partial charge in [0.25, 0.3) is 0 Å². The third-order valence-electron chi connectivity index (χ3n) is 3.55. The lowest BCUT2D eigenvalue weighted by atomic mass is 9.99. The molecule has 3 unspecified atom stereocenters. The smallest absolute Gasteiger partial charge is 0.119 e. The quantitative estimate of drug-likeness (QED) is 0.863. The van der Waals surface area contributed by atoms with Crippen LogP contribution in [0.1, 0.15) is 37.3 Å². The van der Waals surface area contributed by atoms with E-state index in [0.717, 1.165) is 5.75 Å². The van der Waals surface area contributed by atoms with Gasteiger partial charge in [0, 0.05) is 6.04 Å². The summed E-state index contributed by atoms with van der Waals surface area (Å²) in [6.07, 6.45) is 5.44. The minimum atomic E-state index is 0.282. The molecule has 2 N–H and O–H groups in total. The molecule has 0 heterocycles. The van der Waals surface area contributed by atoms with E-state index >= 15 is 0 Å². The summed E-state index contributed by atoms with van der Waals surface area (Å²) in [4.78, 5) is 0. The third kappa shape index (κ3) is 2.52. The van der Waals surface area contributed by atoms with Crippen LogP contribution in [0.3, 0.4) is 0 Å². The maximum atomic E-state index is 5.97. The molecule has 92 valence electrons. The fourth-order valence-corrected chi connectivity index (χ4v) is 2.49. The Kier molecular flexibility index (Phi) is 3.53. The van der Waals surface area contributed by atoms with Crippen LogP contribution in [-0.2, 0) is 0 Å². The zero-order chi connectivity index (χ0) is 12.4. The van der Waals surface area contributed by atoms with E-state index in [1.165, 1.54) is 17.5 Å². The van der Waals surface area contributed by atoms with Gasteiger partial charge in [-0.2, -0.15) is 0 Å². The van der Waals surface area contributed by atoms with Gasteiger partial charge in [-0.25, -0.2) is 0 Å². The molecule has 0 aliphatic heterocycles. The molecule has 0 aromatic heterocycles. The van der Waals surface area contributed by atoms with Crippen molar-refractivity contribution in [3.63, 3.8) is 0 Å². The highest BCUT2D eigenvalue weighted by Crippen LogP contribution is 2.50. The SMILES string of the molecule is CC=Cc1ccc(OC)cc1C1CC1C(C)N. The van der Waals surface area contributed by atoms with Gasteiger partial charge in [0.05, 0.1) is 7.11 Å². The number of hydrogen-bond donors (Lipinski definition) is 1. The van der Waals surface area contributed by atoms with Gasteiger partial charge < -0.3 is 10.5 Å². The van der Waals surface area contributed by atoms with Crippen LogP contribution in [0, 0.1) is 5.92 Å². The Hall–Kier alpha value is -1.28. The first-order chi connectivity index (χ1) is 8.17. The van der Waals surface area contributed by atoms with Gasteiger partial charge in [-0.15, -0.1) is 0 Å². The molecule has 1 fully saturated rings. The van der Waals surface area contributed by atoms with Gasteiger partial charge in [-0.3, -0.25) is 0 Å². The molecular weight excluding hydrogens is 210 g/mol. The molecule has 0 bridgehead atoms. The average molecular weight is 231 g/mol. The number of rotatable bonds is 4. The first-order valence-corrected chi connectivity index (χ1v) is 6.23. The Morgan fingerprint density at radius 1 is 1.47 bits per heavy atom. The normalized spacial score (nSPS) is 24.9. The van der Waals surface area contributed by atoms with E-state index in [-0.39, 0.29) is 6.04 Å². The number of methoxy groups -OCH3 is 1. The van der Waals surface area contributed by atoms with E-state index in [9.17, 15) is 0 Å². The minimum absolute atomic E-state index is 0.282. The topological polar surface area (TPSA) is 35.2 Å². The summed E-state index contributed by atoms with van der Waals surface area (Å²) >= 11 is 0. The molecule has 0 amide bonds. The van der Waals surface area contributed by atoms with Gasteiger partial charge in [0.2, 0.25) is 0 Å². The largest absolute Gasteiger partial charge is 0.497 e. The summed E-state index contributed by atoms with van der Waals surface area (Å²) < 4.78 is 5.31. The van der Waals surface area contributed by atoms with Crippen molar-refractivity contribution in [1.29, 1.82) is 0 Å². The summed E-state index contributed by atoms with van der Waals surface area (Å²) in [5, 5.41) is 0. The maximum Gasteiger partial charge on any atom is 0.119 e. The van der Waals surface area contributed by atoms with Crippen LogP contribution in [0.2, 0.25) is 0 Å². The molecule has 17 heavy (non-hydrogen) atoms. The maximum absolute atomic E-state index is 5.97. The number of ether oxygens (including phenoxy) is 1. The highest BCUT2D eigenvalue weighted by atomic mass is 16.5. The van der Waals surface area contributed by atoms with Gasteiger partial charge in [0.1, 0.15) is 5.75 Å². The van der Waals surface area contributed by atoms with Crippen molar-refractivity contribution in [1.82, 2.24) is 0 Å². The molecule has 1 aromatic carbocycles. The molecule has 3 atom stereocenters. The van der Waals surface area contributed by atoms with Crippen LogP contribution in [0.15, 0.2) is 24.3 Å². The fourth-order valence-electron chi connectivity index (χ4n) is 2.49. The van der Waals surface area contributed by atoms with Gasteiger partial charge >= 0.3 is 0 Å². The van der Waals surface area contributed by atoms with E-state index in [2.05, 4.69) is 31.2 Å². The molecule has 0 saturated heterocycles. The number of benzene rings is 1. The first-order valence-electron chi connectivity index (χ1n) is 6.23. The van der Waals surface area contributed by atoms with Gasteiger partial charge in [0.15, 0.2) is 0 Å². The Morgan fingerprint density at radius 2 is 2.24 bits per heavy atom. The van der Waals surface area contributed by atoms with Crippen LogP contribution in [0.5, 0.6) is 5.75 Å². The summed E-state index contributed by atoms with van der Waals surface area (Å²) in [6, 6.07) is 6.58. The highest BCUT2D eigenvalue weighted by molar-refractivity contribution is 5.57. The van der Waals surface area contributed by atoms with E-state index in [0.29, 0.717) is 11.8 Å². The minimum Gasteiger partial charge on any atom is -0.497 e. The van der Waals surface area contributed by atoms with Crippen molar-refractivity contribution in [2.45, 2.75) is 32.2 Å². The second kappa shape index (κ2) is 4.92. The molecule has 2 rings (SSSR count). The summed E-state index contributed by atoms with van der Waals surface area (Å²) in [6.45, 7) is 4.14. The second-order valence-electron chi connectivity index (χ2n) is 4.86. The monoisotopic (exact) mass is 231 g/mol. The van der Waals surface area contributed by atoms with Crippen molar-refractivity contribution < 1.29 is 4.74 Å². The second-order valence-corrected chi connectivity index (χ2v) is 4.86. The highest BCUT2D eigenvalue weighted by Gasteiger charge is 2.41. The average Bonchev–Trinajstić information content (AvgIpc) is 3.10. The van der Waals surface area contributed by atoms with Crippen molar-refractivity contribution >= 4 is 6.08 Å². The Labute approximate surface area is 103 Å². The van der Waals surface area contributed by atoms with Crippen LogP contribution in [0.25, 0.3) is 6.08 Å². The van der Waals surface area contributed by atoms with E-state index in [1.807, 2.05) is 13.0 Å². The van der Waals surface area contributed by atoms with Crippen molar-refractivity contribution in [3.05, 3.63) is 35.4 Å². The molecule has 1 saturated carbocycles. The van der Waals surface area contributed by atoms with Crippen LogP contribution < -0.4 is 10.5 Å². The van der Waals surface area contributed by atoms with Crippen molar-refractivity contribution in [3.8, 4) is 5.75 Å². The molecule has 1 aliphatic carbocycles. The van der Waals surface area contributed by atoms with Gasteiger partial charge in [-0.1, -0.05) is 18.2 Å². The summed E-state index contributed by atoms with van der Waals surface area (Å²) in [5.41, 5.74) is 8.64. The predicted molar refractivity (Wildman–Crippen MR) is 72.2 cm³/mol. The number of allylic oxidation sites excluding steroid dienone is 1. The Balaban J connectivity index is 2.30. The lowest BCUT2D eigenvalue weighted by molar-refractivity contribution is 0.414. The van der Waals surface area contributed by atoms with Crippen LogP contribution >= 0.6 is 0 Å². The van der Waals surface area contributed by atoms with E-state index in [4.69, 9.17) is 10.5 Å². The summed E-state index contributed by atoms with van der Waals surface area (Å²) in [5.74, 6) is 2.17. The number of nitrogens with two attached hydrogens (primary N) is 1. The molecule has 1 aromatic rings. The van der Waals surface area contributed by atoms with E-state index in [1.54, 1.807) is 7.11 Å². The molecular formula is C15H21NO. The lowest BCUT2D eigenvalue weighted by Crippen LogP contribution is -2.18. The molecule has 0 radical (unpaired) electrons. The van der Waals surface area contributed by atoms with Gasteiger partial charge in [-0.05, 0) is 55.4 Å². The van der Waals surface area contributed by atoms with Crippen LogP contribution in [0.4, 0.5) is 0 Å². The Morgan fingerprint density at radius 3 is 2.76 bits per heavy atom. The first kappa shape index (κ1) is 12.2. The molecule has 2 nitrogen and oxygen atoms in total. The van der Waals surface area contributed by atoms with Crippen LogP contribution in [-0.4, -0.2) is 13.2 Å². The third-order valence-corrected chi connectivity index (χ3v) is 3.55. The van der Waals surface area contributed by atoms with Crippen molar-refractivity contribution in [2.75, 3.05) is 7.11 Å². The molecule has 2 heteroatoms. The van der Waals surface area contributed by atoms with Crippen molar-refractivity contribution in [2.24, 2.45) is 11.7 Å². The Bertz CT molecular complexity index is 423. The molecule has 1 aliphatic rings. The predicted octanol–water partition coefficient (Wildman–Crippen LogP) is 3.18. The molecule has 0 spiro atoms. The fraction of sp³-hybridized carbons (Fsp3) is 0.467. The van der Waals surface area contributed by atoms with E-state index < -0.39 is 0 Å². The zero-order valence-corrected chi connectivity index (χ0v) is 10.8. The zero-order valence-electron chi connectivity index (χ0n) is 10.8. The lowest BCUT2D eigenvalue weighted by Gasteiger charge is -2.10. The summed E-state index contributed by atoms with van der Waals surface area (Å²) in [7, 11) is 1.71.